The Labute approximate surface area is 219 Å². The standard InChI is InChI=1S/C30H25N7O/c1-19(20-8-11-31-12-9-20)14-28(38)27-15-22-2-3-23(16-26(22)36-27)30-32-13-10-29(37-30)35-25-6-4-21(5-7-25)24-17-33-34-18-24/h2-13,15-19,36H,14H2,1H3,(H,33,34)(H,32,35,37)/t19-/m0/s1. The Bertz CT molecular complexity index is 1690. The molecule has 0 aliphatic heterocycles. The number of fused-ring (bicyclic) bond motifs is 1. The van der Waals surface area contributed by atoms with Crippen LogP contribution < -0.4 is 5.32 Å². The van der Waals surface area contributed by atoms with Crippen LogP contribution in [0.25, 0.3) is 33.4 Å². The van der Waals surface area contributed by atoms with Gasteiger partial charge in [0.25, 0.3) is 0 Å². The van der Waals surface area contributed by atoms with Gasteiger partial charge in [0.15, 0.2) is 11.6 Å². The van der Waals surface area contributed by atoms with Crippen molar-refractivity contribution >= 4 is 28.2 Å². The zero-order valence-electron chi connectivity index (χ0n) is 20.7. The zero-order chi connectivity index (χ0) is 25.9. The summed E-state index contributed by atoms with van der Waals surface area (Å²) in [5.74, 6) is 1.48. The lowest BCUT2D eigenvalue weighted by Crippen LogP contribution is -2.05. The molecule has 0 aliphatic rings. The maximum Gasteiger partial charge on any atom is 0.179 e. The lowest BCUT2D eigenvalue weighted by atomic mass is 9.96. The van der Waals surface area contributed by atoms with Gasteiger partial charge in [-0.1, -0.05) is 31.2 Å². The van der Waals surface area contributed by atoms with Gasteiger partial charge in [0, 0.05) is 58.9 Å². The fourth-order valence-corrected chi connectivity index (χ4v) is 4.48. The molecule has 4 aromatic heterocycles. The Kier molecular flexibility index (Phi) is 6.19. The van der Waals surface area contributed by atoms with Crippen LogP contribution in [0.1, 0.15) is 35.3 Å². The minimum absolute atomic E-state index is 0.0771. The Morgan fingerprint density at radius 2 is 1.74 bits per heavy atom. The number of hydrogen-bond acceptors (Lipinski definition) is 6. The van der Waals surface area contributed by atoms with E-state index >= 15 is 0 Å². The molecule has 0 saturated carbocycles. The summed E-state index contributed by atoms with van der Waals surface area (Å²) in [6, 6.07) is 21.7. The van der Waals surface area contributed by atoms with E-state index in [1.54, 1.807) is 24.8 Å². The molecule has 0 unspecified atom stereocenters. The third-order valence-electron chi connectivity index (χ3n) is 6.59. The highest BCUT2D eigenvalue weighted by molar-refractivity contribution is 6.00. The zero-order valence-corrected chi connectivity index (χ0v) is 20.7. The Morgan fingerprint density at radius 3 is 2.53 bits per heavy atom. The molecule has 38 heavy (non-hydrogen) atoms. The van der Waals surface area contributed by atoms with Crippen LogP contribution in [0, 0.1) is 0 Å². The monoisotopic (exact) mass is 499 g/mol. The summed E-state index contributed by atoms with van der Waals surface area (Å²) in [6.07, 6.45) is 9.32. The van der Waals surface area contributed by atoms with Gasteiger partial charge in [-0.25, -0.2) is 9.97 Å². The summed E-state index contributed by atoms with van der Waals surface area (Å²) in [6.45, 7) is 2.06. The number of nitrogens with zero attached hydrogens (tertiary/aromatic N) is 4. The number of hydrogen-bond donors (Lipinski definition) is 3. The fraction of sp³-hybridized carbons (Fsp3) is 0.100. The average molecular weight is 500 g/mol. The number of aromatic nitrogens is 6. The number of ketones is 1. The van der Waals surface area contributed by atoms with Gasteiger partial charge in [-0.3, -0.25) is 14.9 Å². The van der Waals surface area contributed by atoms with Gasteiger partial charge >= 0.3 is 0 Å². The summed E-state index contributed by atoms with van der Waals surface area (Å²) in [7, 11) is 0. The highest BCUT2D eigenvalue weighted by atomic mass is 16.1. The first kappa shape index (κ1) is 23.3. The number of carbonyl (C=O) groups excluding carboxylic acids is 1. The van der Waals surface area contributed by atoms with E-state index in [-0.39, 0.29) is 11.7 Å². The van der Waals surface area contributed by atoms with E-state index in [4.69, 9.17) is 4.98 Å². The second-order valence-corrected chi connectivity index (χ2v) is 9.25. The number of pyridine rings is 1. The van der Waals surface area contributed by atoms with Crippen molar-refractivity contribution < 1.29 is 4.79 Å². The molecule has 8 nitrogen and oxygen atoms in total. The van der Waals surface area contributed by atoms with Crippen LogP contribution in [0.3, 0.4) is 0 Å². The van der Waals surface area contributed by atoms with Crippen LogP contribution in [0.15, 0.2) is 97.7 Å². The third kappa shape index (κ3) is 4.92. The SMILES string of the molecule is C[C@@H](CC(=O)c1cc2ccc(-c3nccc(Nc4ccc(-c5cn[nH]c5)cc4)n3)cc2[nH]1)c1ccncc1. The summed E-state index contributed by atoms with van der Waals surface area (Å²) in [4.78, 5) is 29.5. The second-order valence-electron chi connectivity index (χ2n) is 9.25. The van der Waals surface area contributed by atoms with Gasteiger partial charge in [0.1, 0.15) is 5.82 Å². The van der Waals surface area contributed by atoms with Crippen molar-refractivity contribution in [2.45, 2.75) is 19.3 Å². The van der Waals surface area contributed by atoms with E-state index in [0.29, 0.717) is 23.8 Å². The lowest BCUT2D eigenvalue weighted by molar-refractivity contribution is 0.0971. The number of Topliss-reactive ketones (excluding diaryl/α,β-unsaturated/α-hetero) is 1. The smallest absolute Gasteiger partial charge is 0.179 e. The number of nitrogens with one attached hydrogen (secondary N) is 3. The molecule has 8 heteroatoms. The van der Waals surface area contributed by atoms with Gasteiger partial charge in [-0.05, 0) is 59.5 Å². The quantitative estimate of drug-likeness (QED) is 0.205. The fourth-order valence-electron chi connectivity index (χ4n) is 4.48. The van der Waals surface area contributed by atoms with Crippen molar-refractivity contribution in [1.82, 2.24) is 30.1 Å². The van der Waals surface area contributed by atoms with Crippen LogP contribution in [-0.2, 0) is 0 Å². The number of anilines is 2. The third-order valence-corrected chi connectivity index (χ3v) is 6.59. The molecular formula is C30H25N7O. The molecule has 0 spiro atoms. The van der Waals surface area contributed by atoms with Gasteiger partial charge in [0.05, 0.1) is 11.9 Å². The first-order chi connectivity index (χ1) is 18.6. The van der Waals surface area contributed by atoms with Crippen molar-refractivity contribution in [3.8, 4) is 22.5 Å². The second kappa shape index (κ2) is 10.1. The maximum absolute atomic E-state index is 13.0. The normalized spacial score (nSPS) is 11.9. The van der Waals surface area contributed by atoms with Gasteiger partial charge in [0.2, 0.25) is 0 Å². The number of benzene rings is 2. The molecule has 1 atom stereocenters. The molecule has 0 amide bonds. The van der Waals surface area contributed by atoms with Gasteiger partial charge in [-0.2, -0.15) is 5.10 Å². The van der Waals surface area contributed by atoms with Crippen molar-refractivity contribution in [2.24, 2.45) is 0 Å². The molecule has 6 aromatic rings. The summed E-state index contributed by atoms with van der Waals surface area (Å²) < 4.78 is 0. The largest absolute Gasteiger partial charge is 0.352 e. The summed E-state index contributed by atoms with van der Waals surface area (Å²) >= 11 is 0. The van der Waals surface area contributed by atoms with Crippen LogP contribution in [-0.4, -0.2) is 35.9 Å². The van der Waals surface area contributed by atoms with Crippen molar-refractivity contribution in [2.75, 3.05) is 5.32 Å². The van der Waals surface area contributed by atoms with Crippen molar-refractivity contribution in [3.63, 3.8) is 0 Å². The Balaban J connectivity index is 1.18. The van der Waals surface area contributed by atoms with E-state index in [1.165, 1.54) is 0 Å². The van der Waals surface area contributed by atoms with Gasteiger partial charge in [-0.15, -0.1) is 0 Å². The van der Waals surface area contributed by atoms with Crippen LogP contribution in [0.2, 0.25) is 0 Å². The number of rotatable bonds is 8. The molecule has 0 bridgehead atoms. The number of carbonyl (C=O) groups is 1. The first-order valence-electron chi connectivity index (χ1n) is 12.4. The highest BCUT2D eigenvalue weighted by Crippen LogP contribution is 2.27. The predicted octanol–water partition coefficient (Wildman–Crippen LogP) is 6.53. The summed E-state index contributed by atoms with van der Waals surface area (Å²) in [5, 5.41) is 11.1. The molecule has 0 aliphatic carbocycles. The topological polar surface area (TPSA) is 112 Å². The van der Waals surface area contributed by atoms with Crippen molar-refractivity contribution in [3.05, 3.63) is 109 Å². The first-order valence-corrected chi connectivity index (χ1v) is 12.4. The number of H-pyrrole nitrogens is 2. The molecule has 0 saturated heterocycles. The molecule has 0 fully saturated rings. The van der Waals surface area contributed by atoms with Crippen LogP contribution in [0.4, 0.5) is 11.5 Å². The Morgan fingerprint density at radius 1 is 0.921 bits per heavy atom. The van der Waals surface area contributed by atoms with Gasteiger partial charge < -0.3 is 10.3 Å². The van der Waals surface area contributed by atoms with Crippen LogP contribution >= 0.6 is 0 Å². The molecule has 6 rings (SSSR count). The van der Waals surface area contributed by atoms with E-state index in [2.05, 4.69) is 37.4 Å². The molecule has 0 radical (unpaired) electrons. The lowest BCUT2D eigenvalue weighted by Gasteiger charge is -2.09. The Hall–Kier alpha value is -5.11. The number of aromatic amines is 2. The van der Waals surface area contributed by atoms with E-state index in [9.17, 15) is 4.79 Å². The summed E-state index contributed by atoms with van der Waals surface area (Å²) in [5.41, 5.74) is 6.48. The average Bonchev–Trinajstić information content (AvgIpc) is 3.64. The molecular weight excluding hydrogens is 474 g/mol. The van der Waals surface area contributed by atoms with E-state index < -0.39 is 0 Å². The van der Waals surface area contributed by atoms with E-state index in [1.807, 2.05) is 72.9 Å². The highest BCUT2D eigenvalue weighted by Gasteiger charge is 2.16. The minimum atomic E-state index is 0.0771. The maximum atomic E-state index is 13.0. The van der Waals surface area contributed by atoms with Crippen LogP contribution in [0.5, 0.6) is 0 Å². The van der Waals surface area contributed by atoms with Crippen molar-refractivity contribution in [1.29, 1.82) is 0 Å². The molecule has 4 heterocycles. The molecule has 186 valence electrons. The molecule has 3 N–H and O–H groups in total. The minimum Gasteiger partial charge on any atom is -0.352 e. The molecule has 2 aromatic carbocycles. The predicted molar refractivity (Wildman–Crippen MR) is 148 cm³/mol. The van der Waals surface area contributed by atoms with E-state index in [0.717, 1.165) is 38.8 Å².